The second-order valence-electron chi connectivity index (χ2n) is 8.85. The molecule has 0 aliphatic carbocycles. The van der Waals surface area contributed by atoms with E-state index in [-0.39, 0.29) is 18.1 Å². The van der Waals surface area contributed by atoms with Crippen molar-refractivity contribution in [2.75, 3.05) is 45.7 Å². The Hall–Kier alpha value is -3.19. The topological polar surface area (TPSA) is 70.1 Å². The molecule has 1 fully saturated rings. The average molecular weight is 448 g/mol. The van der Waals surface area contributed by atoms with Crippen LogP contribution >= 0.6 is 0 Å². The van der Waals surface area contributed by atoms with Crippen LogP contribution in [0, 0.1) is 0 Å². The van der Waals surface area contributed by atoms with Crippen LogP contribution in [0.15, 0.2) is 59.2 Å². The highest BCUT2D eigenvalue weighted by atomic mass is 16.5. The molecule has 4 rings (SSSR count). The zero-order valence-corrected chi connectivity index (χ0v) is 19.7. The molecule has 7 nitrogen and oxygen atoms in total. The van der Waals surface area contributed by atoms with Crippen molar-refractivity contribution in [3.63, 3.8) is 0 Å². The van der Waals surface area contributed by atoms with Gasteiger partial charge in [0, 0.05) is 70.5 Å². The van der Waals surface area contributed by atoms with Crippen molar-refractivity contribution in [3.8, 4) is 17.0 Å². The Morgan fingerprint density at radius 2 is 1.85 bits per heavy atom. The highest BCUT2D eigenvalue weighted by Crippen LogP contribution is 2.24. The number of likely N-dealkylation sites (N-methyl/N-ethyl adjacent to an activating group) is 1. The second kappa shape index (κ2) is 10.6. The number of rotatable bonds is 7. The maximum atomic E-state index is 11.7. The van der Waals surface area contributed by atoms with E-state index in [1.807, 2.05) is 32.4 Å². The molecule has 7 heteroatoms. The van der Waals surface area contributed by atoms with Crippen LogP contribution in [0.5, 0.6) is 5.88 Å². The van der Waals surface area contributed by atoms with Gasteiger partial charge in [0.25, 0.3) is 5.91 Å². The van der Waals surface area contributed by atoms with Crippen molar-refractivity contribution in [1.82, 2.24) is 15.2 Å². The number of piperidine rings is 1. The van der Waals surface area contributed by atoms with E-state index in [4.69, 9.17) is 4.74 Å². The summed E-state index contributed by atoms with van der Waals surface area (Å²) in [5, 5.41) is 2.64. The summed E-state index contributed by atoms with van der Waals surface area (Å²) in [5.74, 6) is 0.616. The number of amides is 1. The molecule has 1 N–H and O–H groups in total. The lowest BCUT2D eigenvalue weighted by molar-refractivity contribution is -0.116. The fraction of sp³-hybridized carbons (Fsp3) is 0.423. The number of pyridine rings is 1. The fourth-order valence-electron chi connectivity index (χ4n) is 4.23. The van der Waals surface area contributed by atoms with E-state index in [1.165, 1.54) is 5.69 Å². The second-order valence-corrected chi connectivity index (χ2v) is 8.85. The minimum atomic E-state index is -0.0703. The quantitative estimate of drug-likeness (QED) is 0.706. The minimum Gasteiger partial charge on any atom is -0.474 e. The van der Waals surface area contributed by atoms with Gasteiger partial charge in [-0.05, 0) is 43.0 Å². The summed E-state index contributed by atoms with van der Waals surface area (Å²) in [6.07, 6.45) is 8.53. The first-order chi connectivity index (χ1) is 16.0. The number of hydrogen-bond donors (Lipinski definition) is 1. The predicted molar refractivity (Wildman–Crippen MR) is 133 cm³/mol. The maximum absolute atomic E-state index is 11.7. The summed E-state index contributed by atoms with van der Waals surface area (Å²) in [6.45, 7) is 2.89. The monoisotopic (exact) mass is 447 g/mol. The van der Waals surface area contributed by atoms with Crippen molar-refractivity contribution >= 4 is 17.8 Å². The molecule has 0 unspecified atom stereocenters. The number of ether oxygens (including phenoxy) is 1. The van der Waals surface area contributed by atoms with Crippen molar-refractivity contribution in [2.24, 2.45) is 4.99 Å². The first kappa shape index (κ1) is 23.0. The van der Waals surface area contributed by atoms with Gasteiger partial charge in [-0.2, -0.15) is 0 Å². The molecule has 2 aliphatic heterocycles. The van der Waals surface area contributed by atoms with Crippen LogP contribution in [-0.4, -0.2) is 74.9 Å². The third kappa shape index (κ3) is 5.99. The highest BCUT2D eigenvalue weighted by Gasteiger charge is 2.24. The zero-order chi connectivity index (χ0) is 23.2. The normalized spacial score (nSPS) is 19.1. The molecule has 1 saturated heterocycles. The van der Waals surface area contributed by atoms with Gasteiger partial charge < -0.3 is 19.9 Å². The molecule has 3 heterocycles. The summed E-state index contributed by atoms with van der Waals surface area (Å²) < 4.78 is 6.16. The Morgan fingerprint density at radius 3 is 2.42 bits per heavy atom. The van der Waals surface area contributed by atoms with Crippen LogP contribution in [0.1, 0.15) is 19.3 Å². The molecule has 33 heavy (non-hydrogen) atoms. The Balaban J connectivity index is 1.23. The van der Waals surface area contributed by atoms with E-state index >= 15 is 0 Å². The molecule has 0 bridgehead atoms. The number of aliphatic imine (C=N–C) groups is 1. The average Bonchev–Trinajstić information content (AvgIpc) is 2.86. The molecule has 174 valence electrons. The van der Waals surface area contributed by atoms with Gasteiger partial charge in [0.15, 0.2) is 0 Å². The Bertz CT molecular complexity index is 990. The maximum Gasteiger partial charge on any atom is 0.252 e. The zero-order valence-electron chi connectivity index (χ0n) is 19.7. The SMILES string of the molecule is CNC(=O)C1=CC[C@H](CN2CCC(Oc3ccc(-c4ccc(N(C)C)cc4)cn3)CC2)N=C1. The predicted octanol–water partition coefficient (Wildman–Crippen LogP) is 3.17. The summed E-state index contributed by atoms with van der Waals surface area (Å²) in [6, 6.07) is 12.7. The number of likely N-dealkylation sites (tertiary alicyclic amines) is 1. The molecule has 1 aromatic heterocycles. The summed E-state index contributed by atoms with van der Waals surface area (Å²) in [7, 11) is 5.72. The van der Waals surface area contributed by atoms with Gasteiger partial charge in [0.05, 0.1) is 11.6 Å². The van der Waals surface area contributed by atoms with Gasteiger partial charge in [-0.1, -0.05) is 18.2 Å². The lowest BCUT2D eigenvalue weighted by atomic mass is 10.0. The van der Waals surface area contributed by atoms with E-state index in [1.54, 1.807) is 13.3 Å². The minimum absolute atomic E-state index is 0.0703. The first-order valence-corrected chi connectivity index (χ1v) is 11.6. The lowest BCUT2D eigenvalue weighted by Crippen LogP contribution is -2.42. The Morgan fingerprint density at radius 1 is 1.12 bits per heavy atom. The van der Waals surface area contributed by atoms with Gasteiger partial charge in [0.1, 0.15) is 6.10 Å². The van der Waals surface area contributed by atoms with Gasteiger partial charge in [-0.3, -0.25) is 9.79 Å². The van der Waals surface area contributed by atoms with Crippen LogP contribution in [0.2, 0.25) is 0 Å². The van der Waals surface area contributed by atoms with Gasteiger partial charge in [0.2, 0.25) is 5.88 Å². The molecule has 1 atom stereocenters. The largest absolute Gasteiger partial charge is 0.474 e. The smallest absolute Gasteiger partial charge is 0.252 e. The number of nitrogens with one attached hydrogen (secondary N) is 1. The van der Waals surface area contributed by atoms with Gasteiger partial charge >= 0.3 is 0 Å². The highest BCUT2D eigenvalue weighted by molar-refractivity contribution is 6.12. The summed E-state index contributed by atoms with van der Waals surface area (Å²) >= 11 is 0. The molecule has 2 aliphatic rings. The number of nitrogens with zero attached hydrogens (tertiary/aromatic N) is 4. The number of aromatic nitrogens is 1. The van der Waals surface area contributed by atoms with Crippen LogP contribution < -0.4 is 15.0 Å². The van der Waals surface area contributed by atoms with Crippen molar-refractivity contribution in [3.05, 3.63) is 54.2 Å². The summed E-state index contributed by atoms with van der Waals surface area (Å²) in [5.41, 5.74) is 4.07. The third-order valence-electron chi connectivity index (χ3n) is 6.27. The number of hydrogen-bond acceptors (Lipinski definition) is 6. The van der Waals surface area contributed by atoms with Crippen LogP contribution in [0.25, 0.3) is 11.1 Å². The van der Waals surface area contributed by atoms with Crippen LogP contribution in [0.4, 0.5) is 5.69 Å². The number of anilines is 1. The molecular weight excluding hydrogens is 414 g/mol. The van der Waals surface area contributed by atoms with E-state index in [9.17, 15) is 4.79 Å². The third-order valence-corrected chi connectivity index (χ3v) is 6.27. The Kier molecular flexibility index (Phi) is 7.40. The van der Waals surface area contributed by atoms with E-state index in [0.717, 1.165) is 50.0 Å². The molecule has 0 radical (unpaired) electrons. The molecule has 1 amide bonds. The van der Waals surface area contributed by atoms with E-state index in [0.29, 0.717) is 11.5 Å². The fourth-order valence-corrected chi connectivity index (χ4v) is 4.23. The van der Waals surface area contributed by atoms with Crippen LogP contribution in [0.3, 0.4) is 0 Å². The van der Waals surface area contributed by atoms with Crippen LogP contribution in [-0.2, 0) is 4.79 Å². The van der Waals surface area contributed by atoms with Crippen molar-refractivity contribution < 1.29 is 9.53 Å². The number of carbonyl (C=O) groups is 1. The first-order valence-electron chi connectivity index (χ1n) is 11.6. The molecule has 1 aromatic carbocycles. The van der Waals surface area contributed by atoms with E-state index < -0.39 is 0 Å². The van der Waals surface area contributed by atoms with Crippen molar-refractivity contribution in [2.45, 2.75) is 31.4 Å². The standard InChI is InChI=1S/C26H33N5O2/c1-27-26(32)21-4-8-22(28-17-21)18-31-14-12-24(13-15-31)33-25-11-7-20(16-29-25)19-5-9-23(10-6-19)30(2)3/h4-7,9-11,16-17,22,24H,8,12-15,18H2,1-3H3,(H,27,32)/t22-/m1/s1. The van der Waals surface area contributed by atoms with Crippen molar-refractivity contribution in [1.29, 1.82) is 0 Å². The van der Waals surface area contributed by atoms with Gasteiger partial charge in [-0.25, -0.2) is 4.98 Å². The Labute approximate surface area is 196 Å². The lowest BCUT2D eigenvalue weighted by Gasteiger charge is -2.33. The molecule has 0 spiro atoms. The molecule has 0 saturated carbocycles. The van der Waals surface area contributed by atoms with Gasteiger partial charge in [-0.15, -0.1) is 0 Å². The number of dihydropyridines is 1. The number of carbonyl (C=O) groups excluding carboxylic acids is 1. The molecule has 2 aromatic rings. The van der Waals surface area contributed by atoms with E-state index in [2.05, 4.69) is 55.4 Å². The summed E-state index contributed by atoms with van der Waals surface area (Å²) in [4.78, 5) is 25.3. The number of benzene rings is 1. The molecular formula is C26H33N5O2.